The van der Waals surface area contributed by atoms with Gasteiger partial charge in [-0.1, -0.05) is 59.8 Å². The van der Waals surface area contributed by atoms with Gasteiger partial charge in [0.1, 0.15) is 5.82 Å². The first kappa shape index (κ1) is 28.0. The zero-order chi connectivity index (χ0) is 31.9. The van der Waals surface area contributed by atoms with E-state index in [1.54, 1.807) is 24.7 Å². The Bertz CT molecular complexity index is 2320. The Balaban J connectivity index is 0.958. The van der Waals surface area contributed by atoms with E-state index in [0.717, 1.165) is 77.2 Å². The lowest BCUT2D eigenvalue weighted by atomic mass is 9.95. The van der Waals surface area contributed by atoms with Gasteiger partial charge in [0.25, 0.3) is 0 Å². The second-order valence-corrected chi connectivity index (χ2v) is 12.0. The summed E-state index contributed by atoms with van der Waals surface area (Å²) >= 11 is 0. The van der Waals surface area contributed by atoms with Gasteiger partial charge in [0.15, 0.2) is 28.8 Å². The molecule has 0 radical (unpaired) electrons. The Labute approximate surface area is 274 Å². The predicted molar refractivity (Wildman–Crippen MR) is 179 cm³/mol. The van der Waals surface area contributed by atoms with Gasteiger partial charge in [0, 0.05) is 47.6 Å². The van der Waals surface area contributed by atoms with Crippen LogP contribution in [0.1, 0.15) is 30.1 Å². The van der Waals surface area contributed by atoms with E-state index < -0.39 is 0 Å². The van der Waals surface area contributed by atoms with Crippen LogP contribution in [-0.2, 0) is 6.54 Å². The molecule has 2 aromatic carbocycles. The fraction of sp³-hybridized carbons (Fsp3) is 0.171. The van der Waals surface area contributed by atoms with Crippen LogP contribution in [0.25, 0.3) is 62.1 Å². The number of benzene rings is 2. The summed E-state index contributed by atoms with van der Waals surface area (Å²) < 4.78 is 1.93. The molecule has 1 aliphatic heterocycles. The third-order valence-corrected chi connectivity index (χ3v) is 8.99. The van der Waals surface area contributed by atoms with Crippen LogP contribution in [0.3, 0.4) is 0 Å². The highest BCUT2D eigenvalue weighted by Crippen LogP contribution is 2.35. The summed E-state index contributed by atoms with van der Waals surface area (Å²) in [5, 5.41) is 29.2. The molecule has 234 valence electrons. The first-order valence-corrected chi connectivity index (χ1v) is 15.9. The minimum absolute atomic E-state index is 0.344. The van der Waals surface area contributed by atoms with Gasteiger partial charge in [-0.15, -0.1) is 25.5 Å². The van der Waals surface area contributed by atoms with Gasteiger partial charge < -0.3 is 4.98 Å². The molecular weight excluding hydrogens is 602 g/mol. The maximum absolute atomic E-state index is 5.20. The van der Waals surface area contributed by atoms with E-state index in [1.807, 2.05) is 22.7 Å². The van der Waals surface area contributed by atoms with Gasteiger partial charge in [-0.25, -0.2) is 15.0 Å². The summed E-state index contributed by atoms with van der Waals surface area (Å²) in [7, 11) is 0. The van der Waals surface area contributed by atoms with Crippen molar-refractivity contribution in [3.8, 4) is 45.6 Å². The number of aromatic amines is 2. The zero-order valence-corrected chi connectivity index (χ0v) is 25.8. The maximum atomic E-state index is 5.20. The lowest BCUT2D eigenvalue weighted by molar-refractivity contribution is 0.202. The maximum Gasteiger partial charge on any atom is 0.199 e. The molecule has 0 amide bonds. The second kappa shape index (κ2) is 11.9. The lowest BCUT2D eigenvalue weighted by Crippen LogP contribution is -2.32. The average Bonchev–Trinajstić information content (AvgIpc) is 3.94. The zero-order valence-electron chi connectivity index (χ0n) is 25.8. The number of rotatable bonds is 7. The Morgan fingerprint density at radius 3 is 2.42 bits per heavy atom. The molecule has 9 rings (SSSR count). The molecule has 0 saturated carbocycles. The van der Waals surface area contributed by atoms with Gasteiger partial charge in [-0.05, 0) is 55.3 Å². The fourth-order valence-electron chi connectivity index (χ4n) is 6.51. The van der Waals surface area contributed by atoms with Gasteiger partial charge in [-0.3, -0.25) is 14.4 Å². The number of fused-ring (bicyclic) bond motifs is 3. The molecule has 8 aromatic rings. The number of H-pyrrole nitrogens is 2. The smallest absolute Gasteiger partial charge is 0.199 e. The monoisotopic (exact) mass is 631 g/mol. The van der Waals surface area contributed by atoms with Crippen molar-refractivity contribution in [3.05, 3.63) is 109 Å². The summed E-state index contributed by atoms with van der Waals surface area (Å²) in [6.45, 7) is 2.87. The number of hydrogen-bond acceptors (Lipinski definition) is 10. The average molecular weight is 632 g/mol. The van der Waals surface area contributed by atoms with Gasteiger partial charge in [0.05, 0.1) is 17.4 Å². The standard InChI is InChI=1S/C35H29N13/c1-2-5-23(6-3-1)26-19-27-28(13-18-48-34(27)44-45-35(48)29-20-38-46-41-29)39-30(26)24-9-7-22(8-10-24)21-47-16-11-25(12-17-47)31-40-33(43-42-31)32-36-14-4-15-37-32/h1-10,13-15,18-20,25H,11-12,16-17,21H2,(H,38,41,46)(H,40,42,43). The van der Waals surface area contributed by atoms with Crippen LogP contribution in [0, 0.1) is 0 Å². The molecule has 6 aromatic heterocycles. The van der Waals surface area contributed by atoms with E-state index in [2.05, 4.69) is 110 Å². The summed E-state index contributed by atoms with van der Waals surface area (Å²) in [5.74, 6) is 3.07. The molecule has 0 bridgehead atoms. The molecule has 0 aliphatic carbocycles. The summed E-state index contributed by atoms with van der Waals surface area (Å²) in [6.07, 6.45) is 9.10. The molecule has 7 heterocycles. The quantitative estimate of drug-likeness (QED) is 0.235. The second-order valence-electron chi connectivity index (χ2n) is 12.0. The third kappa shape index (κ3) is 5.15. The van der Waals surface area contributed by atoms with E-state index in [1.165, 1.54) is 5.56 Å². The molecule has 0 spiro atoms. The normalized spacial score (nSPS) is 14.2. The highest BCUT2D eigenvalue weighted by atomic mass is 15.3. The van der Waals surface area contributed by atoms with Crippen molar-refractivity contribution in [2.24, 2.45) is 0 Å². The van der Waals surface area contributed by atoms with Gasteiger partial charge in [0.2, 0.25) is 0 Å². The summed E-state index contributed by atoms with van der Waals surface area (Å²) in [6, 6.07) is 25.1. The SMILES string of the molecule is c1ccc(-c2cc3c(ccn4c(-c5c[nH]nn5)nnc34)nc2-c2ccc(CN3CCC(c4nnc(-c5ncccn5)[nH]4)CC3)cc2)cc1. The Morgan fingerprint density at radius 2 is 1.62 bits per heavy atom. The minimum Gasteiger partial charge on any atom is -0.322 e. The van der Waals surface area contributed by atoms with Crippen LogP contribution < -0.4 is 0 Å². The number of pyridine rings is 2. The van der Waals surface area contributed by atoms with Crippen molar-refractivity contribution in [1.82, 2.24) is 65.0 Å². The molecular formula is C35H29N13. The van der Waals surface area contributed by atoms with Crippen LogP contribution in [0.2, 0.25) is 0 Å². The van der Waals surface area contributed by atoms with Crippen LogP contribution >= 0.6 is 0 Å². The largest absolute Gasteiger partial charge is 0.322 e. The Morgan fingerprint density at radius 1 is 0.792 bits per heavy atom. The van der Waals surface area contributed by atoms with Crippen LogP contribution in [0.5, 0.6) is 0 Å². The first-order chi connectivity index (χ1) is 23.8. The first-order valence-electron chi connectivity index (χ1n) is 15.9. The van der Waals surface area contributed by atoms with E-state index in [-0.39, 0.29) is 0 Å². The van der Waals surface area contributed by atoms with Crippen molar-refractivity contribution in [2.45, 2.75) is 25.3 Å². The Hall–Kier alpha value is -6.21. The van der Waals surface area contributed by atoms with Crippen molar-refractivity contribution in [3.63, 3.8) is 0 Å². The Kier molecular flexibility index (Phi) is 6.93. The van der Waals surface area contributed by atoms with Crippen LogP contribution in [0.4, 0.5) is 0 Å². The van der Waals surface area contributed by atoms with Crippen LogP contribution in [0.15, 0.2) is 97.6 Å². The summed E-state index contributed by atoms with van der Waals surface area (Å²) in [4.78, 5) is 19.6. The van der Waals surface area contributed by atoms with E-state index in [9.17, 15) is 0 Å². The van der Waals surface area contributed by atoms with Crippen molar-refractivity contribution in [2.75, 3.05) is 13.1 Å². The number of piperidine rings is 1. The highest BCUT2D eigenvalue weighted by Gasteiger charge is 2.24. The number of likely N-dealkylation sites (tertiary alicyclic amines) is 1. The lowest BCUT2D eigenvalue weighted by Gasteiger charge is -2.30. The molecule has 1 fully saturated rings. The fourth-order valence-corrected chi connectivity index (χ4v) is 6.51. The van der Waals surface area contributed by atoms with Crippen molar-refractivity contribution < 1.29 is 0 Å². The summed E-state index contributed by atoms with van der Waals surface area (Å²) in [5.41, 5.74) is 7.57. The molecule has 0 atom stereocenters. The molecule has 0 unspecified atom stereocenters. The minimum atomic E-state index is 0.344. The topological polar surface area (TPSA) is 155 Å². The number of aromatic nitrogens is 12. The van der Waals surface area contributed by atoms with Crippen molar-refractivity contribution in [1.29, 1.82) is 0 Å². The van der Waals surface area contributed by atoms with Gasteiger partial charge in [-0.2, -0.15) is 0 Å². The predicted octanol–water partition coefficient (Wildman–Crippen LogP) is 5.35. The van der Waals surface area contributed by atoms with E-state index in [4.69, 9.17) is 4.98 Å². The molecule has 13 heteroatoms. The number of hydrogen-bond donors (Lipinski definition) is 2. The number of nitrogens with one attached hydrogen (secondary N) is 2. The molecule has 1 aliphatic rings. The molecule has 48 heavy (non-hydrogen) atoms. The van der Waals surface area contributed by atoms with Gasteiger partial charge >= 0.3 is 0 Å². The third-order valence-electron chi connectivity index (χ3n) is 8.99. The number of nitrogens with zero attached hydrogens (tertiary/aromatic N) is 11. The van der Waals surface area contributed by atoms with E-state index in [0.29, 0.717) is 29.1 Å². The van der Waals surface area contributed by atoms with Crippen molar-refractivity contribution >= 4 is 16.6 Å². The highest BCUT2D eigenvalue weighted by molar-refractivity contribution is 5.98. The van der Waals surface area contributed by atoms with Crippen LogP contribution in [-0.4, -0.2) is 78.1 Å². The molecule has 13 nitrogen and oxygen atoms in total. The molecule has 1 saturated heterocycles. The molecule has 2 N–H and O–H groups in total. The van der Waals surface area contributed by atoms with E-state index >= 15 is 0 Å².